The minimum Gasteiger partial charge on any atom is -0.395 e. The van der Waals surface area contributed by atoms with Gasteiger partial charge in [0, 0.05) is 6.54 Å². The molecule has 0 aromatic carbocycles. The van der Waals surface area contributed by atoms with Gasteiger partial charge in [0.25, 0.3) is 10.0 Å². The van der Waals surface area contributed by atoms with Crippen molar-refractivity contribution in [1.82, 2.24) is 4.31 Å². The van der Waals surface area contributed by atoms with Gasteiger partial charge in [-0.2, -0.15) is 43.8 Å². The van der Waals surface area contributed by atoms with Gasteiger partial charge in [0.1, 0.15) is 6.29 Å². The molecule has 0 aliphatic heterocycles. The van der Waals surface area contributed by atoms with E-state index in [1.165, 1.54) is 0 Å². The number of alkyl halides is 9. The Hall–Kier alpha value is -1.09. The molecule has 23 heavy (non-hydrogen) atoms. The minimum atomic E-state index is -7.39. The first-order chi connectivity index (χ1) is 10.0. The summed E-state index contributed by atoms with van der Waals surface area (Å²) in [7, 11) is -6.85. The fourth-order valence-corrected chi connectivity index (χ4v) is 2.54. The van der Waals surface area contributed by atoms with Crippen LogP contribution in [0.4, 0.5) is 39.5 Å². The molecule has 0 fully saturated rings. The van der Waals surface area contributed by atoms with E-state index in [-0.39, 0.29) is 0 Å². The summed E-state index contributed by atoms with van der Waals surface area (Å²) >= 11 is 0. The Morgan fingerprint density at radius 3 is 1.65 bits per heavy atom. The summed E-state index contributed by atoms with van der Waals surface area (Å²) in [6.07, 6.45) is -7.61. The highest BCUT2D eigenvalue weighted by Crippen LogP contribution is 2.55. The molecule has 138 valence electrons. The zero-order valence-corrected chi connectivity index (χ0v) is 11.4. The molecule has 0 aromatic rings. The molecule has 5 nitrogen and oxygen atoms in total. The van der Waals surface area contributed by atoms with Crippen LogP contribution in [0.25, 0.3) is 0 Å². The Morgan fingerprint density at radius 2 is 1.35 bits per heavy atom. The van der Waals surface area contributed by atoms with Crippen LogP contribution in [0.15, 0.2) is 0 Å². The summed E-state index contributed by atoms with van der Waals surface area (Å²) in [4.78, 5) is 10.1. The molecule has 0 saturated heterocycles. The van der Waals surface area contributed by atoms with Gasteiger partial charge >= 0.3 is 23.3 Å². The smallest absolute Gasteiger partial charge is 0.395 e. The lowest BCUT2D eigenvalue weighted by molar-refractivity contribution is -0.382. The summed E-state index contributed by atoms with van der Waals surface area (Å²) in [5.74, 6) is -14.8. The third-order valence-electron chi connectivity index (χ3n) is 2.41. The van der Waals surface area contributed by atoms with Crippen molar-refractivity contribution >= 4 is 16.3 Å². The second-order valence-corrected chi connectivity index (χ2v) is 5.90. The van der Waals surface area contributed by atoms with Crippen molar-refractivity contribution in [3.05, 3.63) is 0 Å². The molecule has 0 aliphatic carbocycles. The fraction of sp³-hybridized carbons (Fsp3) is 0.875. The summed E-state index contributed by atoms with van der Waals surface area (Å²) in [5, 5.41) is 1.48. The van der Waals surface area contributed by atoms with Crippen molar-refractivity contribution in [2.24, 2.45) is 0 Å². The number of hydrogen-bond donors (Lipinski definition) is 1. The first-order valence-electron chi connectivity index (χ1n) is 5.26. The van der Waals surface area contributed by atoms with Crippen LogP contribution in [0.3, 0.4) is 0 Å². The second kappa shape index (κ2) is 6.43. The molecular weight excluding hydrogens is 377 g/mol. The first-order valence-corrected chi connectivity index (χ1v) is 6.70. The Morgan fingerprint density at radius 1 is 0.913 bits per heavy atom. The number of carbonyl (C=O) groups is 1. The van der Waals surface area contributed by atoms with Crippen LogP contribution in [0.5, 0.6) is 0 Å². The van der Waals surface area contributed by atoms with Gasteiger partial charge in [0.05, 0.1) is 13.2 Å². The minimum absolute atomic E-state index is 0.427. The van der Waals surface area contributed by atoms with E-state index < -0.39 is 63.6 Å². The highest BCUT2D eigenvalue weighted by Gasteiger charge is 2.85. The fourth-order valence-electron chi connectivity index (χ4n) is 1.19. The van der Waals surface area contributed by atoms with Gasteiger partial charge in [0.15, 0.2) is 0 Å². The monoisotopic (exact) mass is 385 g/mol. The van der Waals surface area contributed by atoms with Crippen LogP contribution in [-0.4, -0.2) is 67.1 Å². The lowest BCUT2D eigenvalue weighted by Gasteiger charge is -2.35. The van der Waals surface area contributed by atoms with Crippen LogP contribution < -0.4 is 0 Å². The molecule has 0 rings (SSSR count). The van der Waals surface area contributed by atoms with Crippen molar-refractivity contribution in [1.29, 1.82) is 0 Å². The van der Waals surface area contributed by atoms with Crippen LogP contribution in [0.1, 0.15) is 0 Å². The maximum atomic E-state index is 13.3. The summed E-state index contributed by atoms with van der Waals surface area (Å²) in [5.41, 5.74) is 0. The SMILES string of the molecule is O=CCN(CCO)S(=O)(=O)C(F)(F)C(F)(F)C(F)(F)C(F)(F)F. The zero-order chi connectivity index (χ0) is 18.9. The van der Waals surface area contributed by atoms with E-state index in [9.17, 15) is 52.7 Å². The lowest BCUT2D eigenvalue weighted by Crippen LogP contribution is -2.65. The van der Waals surface area contributed by atoms with Crippen molar-refractivity contribution in [3.63, 3.8) is 0 Å². The summed E-state index contributed by atoms with van der Waals surface area (Å²) in [6.45, 7) is -4.29. The summed E-state index contributed by atoms with van der Waals surface area (Å²) in [6, 6.07) is 0. The highest BCUT2D eigenvalue weighted by atomic mass is 32.2. The van der Waals surface area contributed by atoms with Crippen LogP contribution in [0.2, 0.25) is 0 Å². The van der Waals surface area contributed by atoms with E-state index in [0.29, 0.717) is 0 Å². The Labute approximate surface area is 122 Å². The van der Waals surface area contributed by atoms with E-state index in [1.54, 1.807) is 0 Å². The average molecular weight is 385 g/mol. The van der Waals surface area contributed by atoms with E-state index in [0.717, 1.165) is 0 Å². The van der Waals surface area contributed by atoms with Gasteiger partial charge < -0.3 is 9.90 Å². The number of hydrogen-bond acceptors (Lipinski definition) is 4. The third kappa shape index (κ3) is 3.40. The molecule has 0 amide bonds. The van der Waals surface area contributed by atoms with Gasteiger partial charge in [-0.3, -0.25) is 0 Å². The molecule has 0 unspecified atom stereocenters. The molecule has 15 heteroatoms. The number of carbonyl (C=O) groups excluding carboxylic acids is 1. The maximum Gasteiger partial charge on any atom is 0.460 e. The number of aliphatic hydroxyl groups is 1. The van der Waals surface area contributed by atoms with Crippen LogP contribution in [-0.2, 0) is 14.8 Å². The van der Waals surface area contributed by atoms with Crippen molar-refractivity contribution < 1.29 is 57.8 Å². The summed E-state index contributed by atoms with van der Waals surface area (Å²) < 4.78 is 135. The molecule has 0 heterocycles. The van der Waals surface area contributed by atoms with E-state index in [2.05, 4.69) is 0 Å². The highest BCUT2D eigenvalue weighted by molar-refractivity contribution is 7.90. The van der Waals surface area contributed by atoms with Crippen molar-refractivity contribution in [3.8, 4) is 0 Å². The number of aldehydes is 1. The Balaban J connectivity index is 6.17. The number of aliphatic hydroxyl groups excluding tert-OH is 1. The topological polar surface area (TPSA) is 74.7 Å². The number of sulfonamides is 1. The number of halogens is 9. The first kappa shape index (κ1) is 21.9. The van der Waals surface area contributed by atoms with Crippen molar-refractivity contribution in [2.75, 3.05) is 19.7 Å². The van der Waals surface area contributed by atoms with E-state index in [4.69, 9.17) is 5.11 Å². The third-order valence-corrected chi connectivity index (χ3v) is 4.32. The lowest BCUT2D eigenvalue weighted by atomic mass is 10.1. The predicted molar refractivity (Wildman–Crippen MR) is 54.5 cm³/mol. The molecule has 0 aliphatic rings. The van der Waals surface area contributed by atoms with E-state index in [1.807, 2.05) is 0 Å². The molecule has 0 saturated carbocycles. The van der Waals surface area contributed by atoms with Crippen LogP contribution in [0, 0.1) is 0 Å². The number of nitrogens with zero attached hydrogens (tertiary/aromatic N) is 1. The zero-order valence-electron chi connectivity index (χ0n) is 10.6. The molecule has 0 atom stereocenters. The van der Waals surface area contributed by atoms with Crippen molar-refractivity contribution in [2.45, 2.75) is 23.3 Å². The molecule has 0 spiro atoms. The van der Waals surface area contributed by atoms with Gasteiger partial charge in [-0.15, -0.1) is 0 Å². The standard InChI is InChI=1S/C8H8F9NO4S/c9-5(10,7(13,14)15)6(11,12)8(16,17)23(21,22)18(1-3-19)2-4-20/h3,20H,1-2,4H2. The molecule has 0 radical (unpaired) electrons. The van der Waals surface area contributed by atoms with E-state index >= 15 is 0 Å². The molecule has 0 bridgehead atoms. The predicted octanol–water partition coefficient (Wildman–Crippen LogP) is 1.24. The Bertz CT molecular complexity index is 530. The second-order valence-electron chi connectivity index (χ2n) is 3.92. The Kier molecular flexibility index (Phi) is 6.12. The van der Waals surface area contributed by atoms with Crippen LogP contribution >= 0.6 is 0 Å². The molecule has 1 N–H and O–H groups in total. The quantitative estimate of drug-likeness (QED) is 0.504. The van der Waals surface area contributed by atoms with Gasteiger partial charge in [-0.05, 0) is 0 Å². The largest absolute Gasteiger partial charge is 0.460 e. The number of rotatable bonds is 8. The average Bonchev–Trinajstić information content (AvgIpc) is 2.36. The molecule has 0 aromatic heterocycles. The maximum absolute atomic E-state index is 13.3. The van der Waals surface area contributed by atoms with Gasteiger partial charge in [-0.1, -0.05) is 0 Å². The van der Waals surface area contributed by atoms with Gasteiger partial charge in [0.2, 0.25) is 0 Å². The molecular formula is C8H8F9NO4S. The van der Waals surface area contributed by atoms with Gasteiger partial charge in [-0.25, -0.2) is 8.42 Å². The normalized spacial score (nSPS) is 15.1.